The van der Waals surface area contributed by atoms with E-state index in [-0.39, 0.29) is 61.2 Å². The molecule has 1 N–H and O–H groups in total. The van der Waals surface area contributed by atoms with Crippen molar-refractivity contribution >= 4 is 34.9 Å². The van der Waals surface area contributed by atoms with Crippen molar-refractivity contribution in [2.24, 2.45) is 17.0 Å². The van der Waals surface area contributed by atoms with Crippen molar-refractivity contribution in [2.45, 2.75) is 58.5 Å². The van der Waals surface area contributed by atoms with E-state index in [1.165, 1.54) is 12.2 Å². The van der Waals surface area contributed by atoms with Gasteiger partial charge in [0.15, 0.2) is 12.4 Å². The summed E-state index contributed by atoms with van der Waals surface area (Å²) in [5.74, 6) is 3.91. The minimum Gasteiger partial charge on any atom is -1.00 e. The van der Waals surface area contributed by atoms with E-state index in [4.69, 9.17) is 21.2 Å². The Hall–Kier alpha value is -0.660. The summed E-state index contributed by atoms with van der Waals surface area (Å²) in [5.41, 5.74) is 0.910. The minimum atomic E-state index is -0.231. The molecule has 1 aliphatic heterocycles. The largest absolute Gasteiger partial charge is 1.00 e. The molecular weight excluding hydrogens is 457 g/mol. The number of Topliss-reactive ketones (excluding diaryl/α,β-unsaturated/α-hetero) is 1. The fourth-order valence-electron chi connectivity index (χ4n) is 4.17. The number of carbonyl (C=O) groups is 1. The third-order valence-corrected chi connectivity index (χ3v) is 7.24. The van der Waals surface area contributed by atoms with E-state index in [1.54, 1.807) is 24.3 Å². The summed E-state index contributed by atoms with van der Waals surface area (Å²) in [6, 6.07) is 7.14. The van der Waals surface area contributed by atoms with Gasteiger partial charge >= 0.3 is 29.6 Å². The van der Waals surface area contributed by atoms with Gasteiger partial charge in [0.05, 0.1) is 11.3 Å². The van der Waals surface area contributed by atoms with Crippen LogP contribution in [0.3, 0.4) is 0 Å². The first-order valence-electron chi connectivity index (χ1n) is 11.1. The van der Waals surface area contributed by atoms with Crippen LogP contribution in [0.4, 0.5) is 0 Å². The Kier molecular flexibility index (Phi) is 12.0. The van der Waals surface area contributed by atoms with Crippen LogP contribution < -0.4 is 34.3 Å². The van der Waals surface area contributed by atoms with Crippen LogP contribution in [0.2, 0.25) is 5.02 Å². The third kappa shape index (κ3) is 7.98. The van der Waals surface area contributed by atoms with Crippen molar-refractivity contribution in [1.82, 2.24) is 0 Å². The van der Waals surface area contributed by atoms with Crippen LogP contribution in [0.25, 0.3) is 0 Å². The fraction of sp³-hybridized carbons (Fsp3) is 0.583. The van der Waals surface area contributed by atoms with Crippen molar-refractivity contribution in [2.75, 3.05) is 18.1 Å². The Balaban J connectivity index is 0.00000272. The second-order valence-corrected chi connectivity index (χ2v) is 9.94. The van der Waals surface area contributed by atoms with E-state index in [9.17, 15) is 9.90 Å². The molecule has 0 saturated carbocycles. The summed E-state index contributed by atoms with van der Waals surface area (Å²) in [7, 11) is 0. The molecule has 1 aliphatic carbocycles. The van der Waals surface area contributed by atoms with E-state index < -0.39 is 0 Å². The first kappa shape index (κ1) is 27.6. The van der Waals surface area contributed by atoms with E-state index in [0.717, 1.165) is 18.6 Å². The van der Waals surface area contributed by atoms with Crippen molar-refractivity contribution in [3.05, 3.63) is 40.6 Å². The van der Waals surface area contributed by atoms with Crippen LogP contribution in [-0.2, 0) is 9.63 Å². The average molecular weight is 490 g/mol. The maximum atomic E-state index is 12.9. The molecule has 2 aliphatic rings. The Morgan fingerprint density at radius 1 is 1.31 bits per heavy atom. The summed E-state index contributed by atoms with van der Waals surface area (Å²) in [6.45, 7) is 4.15. The number of ether oxygens (including phenoxy) is 1. The zero-order chi connectivity index (χ0) is 22.2. The molecule has 3 atom stereocenters. The topological polar surface area (TPSA) is 68.1 Å². The van der Waals surface area contributed by atoms with Gasteiger partial charge in [-0.1, -0.05) is 30.1 Å². The first-order valence-corrected chi connectivity index (χ1v) is 12.7. The number of ketones is 1. The summed E-state index contributed by atoms with van der Waals surface area (Å²) < 4.78 is 5.80. The molecule has 172 valence electrons. The molecule has 1 fully saturated rings. The molecule has 0 bridgehead atoms. The molecular formula is C24H33ClNNaO4S. The van der Waals surface area contributed by atoms with Gasteiger partial charge in [-0.3, -0.25) is 4.79 Å². The molecule has 0 radical (unpaired) electrons. The fourth-order valence-corrected chi connectivity index (χ4v) is 5.58. The Morgan fingerprint density at radius 2 is 2.06 bits per heavy atom. The molecule has 3 rings (SSSR count). The van der Waals surface area contributed by atoms with Crippen LogP contribution >= 0.6 is 23.4 Å². The average Bonchev–Trinajstić information content (AvgIpc) is 2.75. The van der Waals surface area contributed by atoms with Crippen molar-refractivity contribution in [1.29, 1.82) is 0 Å². The Labute approximate surface area is 224 Å². The maximum absolute atomic E-state index is 12.9. The number of carbonyl (C=O) groups excluding carboxylic acids is 1. The quantitative estimate of drug-likeness (QED) is 0.327. The summed E-state index contributed by atoms with van der Waals surface area (Å²) in [5, 5.41) is 15.6. The minimum absolute atomic E-state index is 0. The number of oxime groups is 1. The van der Waals surface area contributed by atoms with Gasteiger partial charge in [0.1, 0.15) is 17.6 Å². The van der Waals surface area contributed by atoms with Crippen molar-refractivity contribution < 1.29 is 50.5 Å². The number of benzene rings is 1. The van der Waals surface area contributed by atoms with E-state index in [0.29, 0.717) is 47.2 Å². The standard InChI is InChI=1S/C24H32ClNO4S.Na.H/c1-3-5-21(26-29-14-16(2)30-20-9-7-19(25)8-10-20)24-22(27)12-18(13-23(24)28)17-6-4-11-31-15-17;;/h7-10,16-18,27H,3-6,11-15H2,1-2H3;;/q;+1;-1. The molecule has 32 heavy (non-hydrogen) atoms. The van der Waals surface area contributed by atoms with Crippen LogP contribution in [0.1, 0.15) is 53.8 Å². The van der Waals surface area contributed by atoms with Gasteiger partial charge in [-0.2, -0.15) is 11.8 Å². The zero-order valence-corrected chi connectivity index (χ0v) is 22.9. The van der Waals surface area contributed by atoms with Crippen molar-refractivity contribution in [3.8, 4) is 5.75 Å². The van der Waals surface area contributed by atoms with Crippen LogP contribution in [0, 0.1) is 11.8 Å². The second kappa shape index (κ2) is 13.9. The van der Waals surface area contributed by atoms with E-state index in [2.05, 4.69) is 5.16 Å². The van der Waals surface area contributed by atoms with Gasteiger partial charge < -0.3 is 16.1 Å². The number of halogens is 1. The molecule has 0 spiro atoms. The summed E-state index contributed by atoms with van der Waals surface area (Å²) in [4.78, 5) is 18.5. The smallest absolute Gasteiger partial charge is 1.00 e. The number of thioether (sulfide) groups is 1. The second-order valence-electron chi connectivity index (χ2n) is 8.36. The number of nitrogens with zero attached hydrogens (tertiary/aromatic N) is 1. The number of hydrogen-bond acceptors (Lipinski definition) is 6. The van der Waals surface area contributed by atoms with Crippen LogP contribution in [0.5, 0.6) is 5.75 Å². The number of rotatable bonds is 9. The number of allylic oxidation sites excluding steroid dienone is 2. The summed E-state index contributed by atoms with van der Waals surface area (Å²) >= 11 is 7.85. The predicted octanol–water partition coefficient (Wildman–Crippen LogP) is 3.33. The Bertz CT molecular complexity index is 815. The van der Waals surface area contributed by atoms with Gasteiger partial charge in [-0.05, 0) is 73.8 Å². The van der Waals surface area contributed by atoms with Gasteiger partial charge in [0, 0.05) is 17.9 Å². The van der Waals surface area contributed by atoms with Gasteiger partial charge in [-0.25, -0.2) is 0 Å². The Morgan fingerprint density at radius 3 is 2.69 bits per heavy atom. The third-order valence-electron chi connectivity index (χ3n) is 5.74. The molecule has 5 nitrogen and oxygen atoms in total. The number of aliphatic hydroxyl groups excluding tert-OH is 1. The monoisotopic (exact) mass is 489 g/mol. The molecule has 1 aromatic carbocycles. The van der Waals surface area contributed by atoms with Crippen LogP contribution in [-0.4, -0.2) is 40.8 Å². The summed E-state index contributed by atoms with van der Waals surface area (Å²) in [6.07, 6.45) is 4.56. The van der Waals surface area contributed by atoms with Crippen LogP contribution in [0.15, 0.2) is 40.8 Å². The molecule has 0 aromatic heterocycles. The first-order chi connectivity index (χ1) is 15.0. The molecule has 1 saturated heterocycles. The van der Waals surface area contributed by atoms with Gasteiger partial charge in [0.25, 0.3) is 0 Å². The molecule has 3 unspecified atom stereocenters. The van der Waals surface area contributed by atoms with Gasteiger partial charge in [0.2, 0.25) is 0 Å². The number of hydrogen-bond donors (Lipinski definition) is 1. The molecule has 1 heterocycles. The molecule has 1 aromatic rings. The van der Waals surface area contributed by atoms with Gasteiger partial charge in [-0.15, -0.1) is 0 Å². The van der Waals surface area contributed by atoms with Crippen molar-refractivity contribution in [3.63, 3.8) is 0 Å². The normalized spacial score (nSPS) is 22.8. The maximum Gasteiger partial charge on any atom is 1.00 e. The van der Waals surface area contributed by atoms with E-state index >= 15 is 0 Å². The number of aliphatic hydroxyl groups is 1. The molecule has 0 amide bonds. The van der Waals surface area contributed by atoms with E-state index in [1.807, 2.05) is 25.6 Å². The predicted molar refractivity (Wildman–Crippen MR) is 128 cm³/mol. The SMILES string of the molecule is CCCC(=NOCC(C)Oc1ccc(Cl)cc1)C1=C(O)CC(C2CCCSC2)CC1=O.[H-].[Na+]. The molecule has 8 heteroatoms. The zero-order valence-electron chi connectivity index (χ0n) is 20.3.